The molecule has 3 aromatic carbocycles. The first-order valence-corrected chi connectivity index (χ1v) is 12.8. The van der Waals surface area contributed by atoms with Crippen molar-refractivity contribution in [1.82, 2.24) is 5.01 Å². The van der Waals surface area contributed by atoms with Crippen LogP contribution in [0.25, 0.3) is 0 Å². The molecule has 0 fully saturated rings. The maximum Gasteiger partial charge on any atom is 0.262 e. The molecular formula is C28H25FN4O4S. The normalized spacial score (nSPS) is 18.7. The summed E-state index contributed by atoms with van der Waals surface area (Å²) in [5, 5.41) is 8.99. The van der Waals surface area contributed by atoms with Gasteiger partial charge in [-0.3, -0.25) is 9.59 Å². The van der Waals surface area contributed by atoms with E-state index in [-0.39, 0.29) is 12.5 Å². The van der Waals surface area contributed by atoms with Gasteiger partial charge in [-0.2, -0.15) is 10.1 Å². The number of ether oxygens (including phenoxy) is 2. The van der Waals surface area contributed by atoms with Crippen molar-refractivity contribution in [1.29, 1.82) is 0 Å². The fourth-order valence-electron chi connectivity index (χ4n) is 4.28. The summed E-state index contributed by atoms with van der Waals surface area (Å²) in [5.74, 6) is 0.233. The molecule has 2 aliphatic rings. The van der Waals surface area contributed by atoms with E-state index >= 15 is 0 Å². The molecule has 1 N–H and O–H groups in total. The molecule has 3 aromatic rings. The number of hydrazone groups is 1. The first-order valence-electron chi connectivity index (χ1n) is 11.9. The minimum absolute atomic E-state index is 0.0941. The number of benzene rings is 3. The highest BCUT2D eigenvalue weighted by Crippen LogP contribution is 2.39. The Balaban J connectivity index is 1.36. The van der Waals surface area contributed by atoms with Crippen LogP contribution in [0.4, 0.5) is 10.1 Å². The SMILES string of the molecule is COc1ccc(C2=NN(C3=NC(=O)C(CC(=O)Nc4cccc(F)c4)S3)C(c3ccc(OC)cc3)C2)cc1. The van der Waals surface area contributed by atoms with Crippen molar-refractivity contribution in [2.75, 3.05) is 19.5 Å². The summed E-state index contributed by atoms with van der Waals surface area (Å²) in [4.78, 5) is 29.6. The number of nitrogens with one attached hydrogen (secondary N) is 1. The molecule has 0 spiro atoms. The predicted molar refractivity (Wildman–Crippen MR) is 145 cm³/mol. The third-order valence-corrected chi connectivity index (χ3v) is 7.38. The van der Waals surface area contributed by atoms with Gasteiger partial charge in [0.2, 0.25) is 5.91 Å². The van der Waals surface area contributed by atoms with Crippen LogP contribution >= 0.6 is 11.8 Å². The van der Waals surface area contributed by atoms with E-state index in [2.05, 4.69) is 10.3 Å². The number of rotatable bonds is 7. The highest BCUT2D eigenvalue weighted by molar-refractivity contribution is 8.15. The number of anilines is 1. The van der Waals surface area contributed by atoms with Crippen molar-refractivity contribution < 1.29 is 23.5 Å². The van der Waals surface area contributed by atoms with E-state index in [0.717, 1.165) is 28.3 Å². The van der Waals surface area contributed by atoms with Crippen LogP contribution in [0.5, 0.6) is 11.5 Å². The number of aliphatic imine (C=N–C) groups is 1. The Morgan fingerprint density at radius 2 is 1.74 bits per heavy atom. The molecule has 2 aliphatic heterocycles. The Hall–Kier alpha value is -4.18. The molecule has 2 atom stereocenters. The van der Waals surface area contributed by atoms with Gasteiger partial charge in [-0.25, -0.2) is 9.40 Å². The van der Waals surface area contributed by atoms with Crippen molar-refractivity contribution in [3.63, 3.8) is 0 Å². The first-order chi connectivity index (χ1) is 18.4. The number of carbonyl (C=O) groups excluding carboxylic acids is 2. The highest BCUT2D eigenvalue weighted by atomic mass is 32.2. The third-order valence-electron chi connectivity index (χ3n) is 6.24. The monoisotopic (exact) mass is 532 g/mol. The van der Waals surface area contributed by atoms with Gasteiger partial charge in [0.05, 0.1) is 26.0 Å². The van der Waals surface area contributed by atoms with Gasteiger partial charge in [-0.15, -0.1) is 0 Å². The Labute approximate surface area is 223 Å². The van der Waals surface area contributed by atoms with E-state index < -0.39 is 22.9 Å². The van der Waals surface area contributed by atoms with Gasteiger partial charge < -0.3 is 14.8 Å². The lowest BCUT2D eigenvalue weighted by Crippen LogP contribution is -2.25. The number of amides is 2. The molecule has 2 unspecified atom stereocenters. The molecule has 2 amide bonds. The fraction of sp³-hybridized carbons (Fsp3) is 0.214. The van der Waals surface area contributed by atoms with E-state index in [1.54, 1.807) is 25.3 Å². The Morgan fingerprint density at radius 1 is 1.05 bits per heavy atom. The Bertz CT molecular complexity index is 1410. The zero-order valence-corrected chi connectivity index (χ0v) is 21.6. The predicted octanol–water partition coefficient (Wildman–Crippen LogP) is 5.02. The van der Waals surface area contributed by atoms with Crippen molar-refractivity contribution >= 4 is 40.1 Å². The quantitative estimate of drug-likeness (QED) is 0.459. The lowest BCUT2D eigenvalue weighted by molar-refractivity contribution is -0.121. The van der Waals surface area contributed by atoms with Crippen LogP contribution in [0.1, 0.15) is 30.0 Å². The van der Waals surface area contributed by atoms with Gasteiger partial charge in [0, 0.05) is 18.5 Å². The van der Waals surface area contributed by atoms with Crippen LogP contribution in [-0.4, -0.2) is 47.2 Å². The molecule has 0 radical (unpaired) electrons. The molecule has 10 heteroatoms. The van der Waals surface area contributed by atoms with Crippen molar-refractivity contribution in [3.8, 4) is 11.5 Å². The molecule has 2 heterocycles. The van der Waals surface area contributed by atoms with E-state index in [0.29, 0.717) is 17.3 Å². The van der Waals surface area contributed by atoms with Crippen molar-refractivity contribution in [2.24, 2.45) is 10.1 Å². The van der Waals surface area contributed by atoms with Gasteiger partial charge in [0.25, 0.3) is 5.91 Å². The average Bonchev–Trinajstić information content (AvgIpc) is 3.52. The van der Waals surface area contributed by atoms with Crippen LogP contribution in [0, 0.1) is 5.82 Å². The molecule has 0 saturated carbocycles. The molecule has 0 bridgehead atoms. The number of methoxy groups -OCH3 is 2. The van der Waals surface area contributed by atoms with Crippen LogP contribution < -0.4 is 14.8 Å². The van der Waals surface area contributed by atoms with E-state index in [4.69, 9.17) is 14.6 Å². The highest BCUT2D eigenvalue weighted by Gasteiger charge is 2.39. The molecule has 5 rings (SSSR count). The molecular weight excluding hydrogens is 507 g/mol. The van der Waals surface area contributed by atoms with Crippen molar-refractivity contribution in [2.45, 2.75) is 24.1 Å². The summed E-state index contributed by atoms with van der Waals surface area (Å²) >= 11 is 1.21. The second-order valence-corrected chi connectivity index (χ2v) is 9.88. The maximum atomic E-state index is 13.5. The maximum absolute atomic E-state index is 13.5. The average molecular weight is 533 g/mol. The summed E-state index contributed by atoms with van der Waals surface area (Å²) in [7, 11) is 3.23. The van der Waals surface area contributed by atoms with Gasteiger partial charge in [-0.1, -0.05) is 30.0 Å². The molecule has 0 saturated heterocycles. The van der Waals surface area contributed by atoms with Gasteiger partial charge in [0.15, 0.2) is 5.17 Å². The summed E-state index contributed by atoms with van der Waals surface area (Å²) in [6.45, 7) is 0. The smallest absolute Gasteiger partial charge is 0.262 e. The number of hydrogen-bond acceptors (Lipinski definition) is 7. The van der Waals surface area contributed by atoms with Crippen molar-refractivity contribution in [3.05, 3.63) is 89.7 Å². The zero-order chi connectivity index (χ0) is 26.6. The Kier molecular flexibility index (Phi) is 7.41. The van der Waals surface area contributed by atoms with Crippen LogP contribution in [0.2, 0.25) is 0 Å². The van der Waals surface area contributed by atoms with E-state index in [1.165, 1.54) is 30.0 Å². The molecule has 194 valence electrons. The number of thioether (sulfide) groups is 1. The minimum atomic E-state index is -0.699. The second kappa shape index (κ2) is 11.1. The standard InChI is InChI=1S/C28H25FN4O4S/c1-36-21-10-6-17(7-11-21)23-15-24(18-8-12-22(37-2)13-9-18)33(32-23)28-31-27(35)25(38-28)16-26(34)30-20-5-3-4-19(29)14-20/h3-14,24-25H,15-16H2,1-2H3,(H,30,34). The van der Waals surface area contributed by atoms with Crippen LogP contribution in [0.15, 0.2) is 82.9 Å². The largest absolute Gasteiger partial charge is 0.497 e. The lowest BCUT2D eigenvalue weighted by atomic mass is 9.98. The number of amidine groups is 1. The fourth-order valence-corrected chi connectivity index (χ4v) is 5.34. The van der Waals surface area contributed by atoms with Crippen LogP contribution in [0.3, 0.4) is 0 Å². The number of nitrogens with zero attached hydrogens (tertiary/aromatic N) is 3. The zero-order valence-electron chi connectivity index (χ0n) is 20.8. The van der Waals surface area contributed by atoms with Gasteiger partial charge in [-0.05, 0) is 65.7 Å². The van der Waals surface area contributed by atoms with E-state index in [1.807, 2.05) is 48.5 Å². The number of carbonyl (C=O) groups is 2. The molecule has 0 aromatic heterocycles. The topological polar surface area (TPSA) is 92.6 Å². The number of halogens is 1. The van der Waals surface area contributed by atoms with Crippen LogP contribution in [-0.2, 0) is 9.59 Å². The first kappa shape index (κ1) is 25.5. The lowest BCUT2D eigenvalue weighted by Gasteiger charge is -2.23. The number of hydrogen-bond donors (Lipinski definition) is 1. The third kappa shape index (κ3) is 5.55. The van der Waals surface area contributed by atoms with E-state index in [9.17, 15) is 14.0 Å². The summed E-state index contributed by atoms with van der Waals surface area (Å²) < 4.78 is 24.0. The molecule has 38 heavy (non-hydrogen) atoms. The molecule has 8 nitrogen and oxygen atoms in total. The molecule has 0 aliphatic carbocycles. The second-order valence-electron chi connectivity index (χ2n) is 8.71. The Morgan fingerprint density at radius 3 is 2.39 bits per heavy atom. The summed E-state index contributed by atoms with van der Waals surface area (Å²) in [6.07, 6.45) is 0.500. The van der Waals surface area contributed by atoms with Gasteiger partial charge >= 0.3 is 0 Å². The van der Waals surface area contributed by atoms with Gasteiger partial charge in [0.1, 0.15) is 22.6 Å². The minimum Gasteiger partial charge on any atom is -0.497 e. The summed E-state index contributed by atoms with van der Waals surface area (Å²) in [5.41, 5.74) is 3.10. The summed E-state index contributed by atoms with van der Waals surface area (Å²) in [6, 6.07) is 20.8.